The molecule has 0 aromatic heterocycles. The third kappa shape index (κ3) is 3.72. The van der Waals surface area contributed by atoms with Crippen LogP contribution in [0.3, 0.4) is 0 Å². The Bertz CT molecular complexity index is 436. The number of benzene rings is 1. The predicted molar refractivity (Wildman–Crippen MR) is 81.1 cm³/mol. The van der Waals surface area contributed by atoms with Gasteiger partial charge in [-0.1, -0.05) is 17.7 Å². The van der Waals surface area contributed by atoms with Crippen LogP contribution in [0.1, 0.15) is 30.0 Å². The van der Waals surface area contributed by atoms with Crippen LogP contribution in [-0.2, 0) is 4.74 Å². The first-order valence-corrected chi connectivity index (χ1v) is 7.29. The van der Waals surface area contributed by atoms with Crippen molar-refractivity contribution >= 4 is 0 Å². The summed E-state index contributed by atoms with van der Waals surface area (Å²) in [5.41, 5.74) is 8.70. The lowest BCUT2D eigenvalue weighted by atomic mass is 10.0. The van der Waals surface area contributed by atoms with Gasteiger partial charge in [-0.25, -0.2) is 0 Å². The number of aryl methyl sites for hydroxylation is 1. The third-order valence-corrected chi connectivity index (χ3v) is 4.04. The zero-order chi connectivity index (χ0) is 14.5. The van der Waals surface area contributed by atoms with Gasteiger partial charge in [0.15, 0.2) is 0 Å². The number of piperidine rings is 1. The Kier molecular flexibility index (Phi) is 5.40. The molecule has 1 fully saturated rings. The van der Waals surface area contributed by atoms with E-state index in [-0.39, 0.29) is 6.04 Å². The second kappa shape index (κ2) is 7.07. The van der Waals surface area contributed by atoms with Gasteiger partial charge >= 0.3 is 0 Å². The Hall–Kier alpha value is -1.10. The quantitative estimate of drug-likeness (QED) is 0.896. The average molecular weight is 278 g/mol. The van der Waals surface area contributed by atoms with Crippen LogP contribution in [0.4, 0.5) is 0 Å². The van der Waals surface area contributed by atoms with Crippen molar-refractivity contribution in [1.82, 2.24) is 4.90 Å². The topological polar surface area (TPSA) is 47.7 Å². The standard InChI is InChI=1S/C16H26N2O2/c1-12-6-7-16(20-3)14(9-12)15(17)11-18-8-4-5-13(10-18)19-2/h6-7,9,13,15H,4-5,8,10-11,17H2,1-3H3. The molecule has 2 atom stereocenters. The maximum absolute atomic E-state index is 6.40. The molecule has 1 heterocycles. The highest BCUT2D eigenvalue weighted by molar-refractivity contribution is 5.39. The highest BCUT2D eigenvalue weighted by Gasteiger charge is 2.22. The van der Waals surface area contributed by atoms with Crippen molar-refractivity contribution in [3.63, 3.8) is 0 Å². The fourth-order valence-corrected chi connectivity index (χ4v) is 2.89. The highest BCUT2D eigenvalue weighted by Crippen LogP contribution is 2.26. The molecule has 0 aliphatic carbocycles. The minimum Gasteiger partial charge on any atom is -0.496 e. The van der Waals surface area contributed by atoms with Crippen LogP contribution >= 0.6 is 0 Å². The summed E-state index contributed by atoms with van der Waals surface area (Å²) >= 11 is 0. The second-order valence-electron chi connectivity index (χ2n) is 5.61. The van der Waals surface area contributed by atoms with Crippen molar-refractivity contribution < 1.29 is 9.47 Å². The number of methoxy groups -OCH3 is 2. The Morgan fingerprint density at radius 3 is 2.90 bits per heavy atom. The van der Waals surface area contributed by atoms with Crippen LogP contribution in [0.5, 0.6) is 5.75 Å². The van der Waals surface area contributed by atoms with Crippen molar-refractivity contribution in [3.05, 3.63) is 29.3 Å². The SMILES string of the molecule is COc1ccc(C)cc1C(N)CN1CCCC(OC)C1. The number of nitrogens with zero attached hydrogens (tertiary/aromatic N) is 1. The molecular formula is C16H26N2O2. The van der Waals surface area contributed by atoms with Crippen molar-refractivity contribution in [3.8, 4) is 5.75 Å². The van der Waals surface area contributed by atoms with Crippen LogP contribution in [0.15, 0.2) is 18.2 Å². The van der Waals surface area contributed by atoms with Crippen molar-refractivity contribution in [1.29, 1.82) is 0 Å². The van der Waals surface area contributed by atoms with E-state index < -0.39 is 0 Å². The lowest BCUT2D eigenvalue weighted by molar-refractivity contribution is 0.0294. The van der Waals surface area contributed by atoms with E-state index >= 15 is 0 Å². The van der Waals surface area contributed by atoms with E-state index in [9.17, 15) is 0 Å². The van der Waals surface area contributed by atoms with Gasteiger partial charge < -0.3 is 15.2 Å². The molecule has 1 aromatic rings. The molecule has 4 heteroatoms. The van der Waals surface area contributed by atoms with Crippen LogP contribution < -0.4 is 10.5 Å². The molecule has 0 amide bonds. The van der Waals surface area contributed by atoms with E-state index in [1.165, 1.54) is 12.0 Å². The van der Waals surface area contributed by atoms with Gasteiger partial charge in [0.25, 0.3) is 0 Å². The first-order valence-electron chi connectivity index (χ1n) is 7.29. The zero-order valence-corrected chi connectivity index (χ0v) is 12.8. The number of nitrogens with two attached hydrogens (primary N) is 1. The summed E-state index contributed by atoms with van der Waals surface area (Å²) in [5, 5.41) is 0. The van der Waals surface area contributed by atoms with Gasteiger partial charge in [0.2, 0.25) is 0 Å². The van der Waals surface area contributed by atoms with Crippen molar-refractivity contribution in [2.24, 2.45) is 5.73 Å². The van der Waals surface area contributed by atoms with E-state index in [1.807, 2.05) is 6.07 Å². The molecule has 2 unspecified atom stereocenters. The van der Waals surface area contributed by atoms with E-state index in [2.05, 4.69) is 24.0 Å². The smallest absolute Gasteiger partial charge is 0.123 e. The number of likely N-dealkylation sites (tertiary alicyclic amines) is 1. The summed E-state index contributed by atoms with van der Waals surface area (Å²) in [4.78, 5) is 2.39. The fraction of sp³-hybridized carbons (Fsp3) is 0.625. The molecule has 2 N–H and O–H groups in total. The van der Waals surface area contributed by atoms with Crippen molar-refractivity contribution in [2.75, 3.05) is 33.9 Å². The summed E-state index contributed by atoms with van der Waals surface area (Å²) < 4.78 is 10.9. The third-order valence-electron chi connectivity index (χ3n) is 4.04. The molecule has 4 nitrogen and oxygen atoms in total. The molecule has 0 spiro atoms. The van der Waals surface area contributed by atoms with E-state index in [0.717, 1.165) is 37.4 Å². The lowest BCUT2D eigenvalue weighted by Crippen LogP contribution is -2.42. The maximum Gasteiger partial charge on any atom is 0.123 e. The van der Waals surface area contributed by atoms with Gasteiger partial charge in [-0.15, -0.1) is 0 Å². The molecule has 20 heavy (non-hydrogen) atoms. The van der Waals surface area contributed by atoms with Gasteiger partial charge in [0.05, 0.1) is 13.2 Å². The Labute approximate surface area is 121 Å². The summed E-state index contributed by atoms with van der Waals surface area (Å²) in [6.45, 7) is 5.00. The average Bonchev–Trinajstić information content (AvgIpc) is 2.47. The zero-order valence-electron chi connectivity index (χ0n) is 12.8. The fourth-order valence-electron chi connectivity index (χ4n) is 2.89. The molecule has 2 rings (SSSR count). The number of ether oxygens (including phenoxy) is 2. The normalized spacial score (nSPS) is 21.7. The Balaban J connectivity index is 2.04. The van der Waals surface area contributed by atoms with Gasteiger partial charge in [0.1, 0.15) is 5.75 Å². The van der Waals surface area contributed by atoms with E-state index in [1.54, 1.807) is 14.2 Å². The molecular weight excluding hydrogens is 252 g/mol. The first-order chi connectivity index (χ1) is 9.63. The van der Waals surface area contributed by atoms with E-state index in [0.29, 0.717) is 6.10 Å². The summed E-state index contributed by atoms with van der Waals surface area (Å²) in [6.07, 6.45) is 2.67. The second-order valence-corrected chi connectivity index (χ2v) is 5.61. The summed E-state index contributed by atoms with van der Waals surface area (Å²) in [6, 6.07) is 6.15. The van der Waals surface area contributed by atoms with Crippen LogP contribution in [0, 0.1) is 6.92 Å². The van der Waals surface area contributed by atoms with Crippen LogP contribution in [-0.4, -0.2) is 44.9 Å². The molecule has 1 aromatic carbocycles. The van der Waals surface area contributed by atoms with Gasteiger partial charge in [-0.2, -0.15) is 0 Å². The first kappa shape index (κ1) is 15.3. The molecule has 1 aliphatic rings. The monoisotopic (exact) mass is 278 g/mol. The van der Waals surface area contributed by atoms with Gasteiger partial charge in [-0.3, -0.25) is 4.90 Å². The minimum absolute atomic E-state index is 0.0274. The van der Waals surface area contributed by atoms with E-state index in [4.69, 9.17) is 15.2 Å². The molecule has 112 valence electrons. The number of hydrogen-bond acceptors (Lipinski definition) is 4. The molecule has 0 radical (unpaired) electrons. The molecule has 1 saturated heterocycles. The number of hydrogen-bond donors (Lipinski definition) is 1. The maximum atomic E-state index is 6.40. The van der Waals surface area contributed by atoms with Crippen molar-refractivity contribution in [2.45, 2.75) is 31.9 Å². The number of rotatable bonds is 5. The molecule has 0 saturated carbocycles. The molecule has 0 bridgehead atoms. The van der Waals surface area contributed by atoms with Gasteiger partial charge in [0, 0.05) is 31.8 Å². The highest BCUT2D eigenvalue weighted by atomic mass is 16.5. The Morgan fingerprint density at radius 1 is 1.40 bits per heavy atom. The summed E-state index contributed by atoms with van der Waals surface area (Å²) in [7, 11) is 3.49. The minimum atomic E-state index is -0.0274. The predicted octanol–water partition coefficient (Wildman–Crippen LogP) is 2.11. The van der Waals surface area contributed by atoms with Crippen LogP contribution in [0.2, 0.25) is 0 Å². The van der Waals surface area contributed by atoms with Crippen LogP contribution in [0.25, 0.3) is 0 Å². The summed E-state index contributed by atoms with van der Waals surface area (Å²) in [5.74, 6) is 0.878. The largest absolute Gasteiger partial charge is 0.496 e. The molecule has 1 aliphatic heterocycles. The van der Waals surface area contributed by atoms with Gasteiger partial charge in [-0.05, 0) is 32.4 Å². The lowest BCUT2D eigenvalue weighted by Gasteiger charge is -2.33. The Morgan fingerprint density at radius 2 is 2.20 bits per heavy atom.